The molecule has 0 atom stereocenters. The molecule has 0 unspecified atom stereocenters. The van der Waals surface area contributed by atoms with E-state index in [1.165, 1.54) is 5.69 Å². The van der Waals surface area contributed by atoms with Crippen LogP contribution in [-0.2, 0) is 24.2 Å². The first-order valence-electron chi connectivity index (χ1n) is 10.1. The quantitative estimate of drug-likeness (QED) is 0.697. The molecule has 0 bridgehead atoms. The summed E-state index contributed by atoms with van der Waals surface area (Å²) in [5.74, 6) is 1.74. The summed E-state index contributed by atoms with van der Waals surface area (Å²) in [4.78, 5) is 22.4. The summed E-state index contributed by atoms with van der Waals surface area (Å²) in [5.41, 5.74) is 4.22. The molecule has 0 spiro atoms. The fraction of sp³-hybridized carbons (Fsp3) is 0.409. The van der Waals surface area contributed by atoms with E-state index in [1.807, 2.05) is 29.2 Å². The molecule has 0 saturated carbocycles. The first kappa shape index (κ1) is 19.2. The Labute approximate surface area is 170 Å². The fourth-order valence-corrected chi connectivity index (χ4v) is 3.98. The predicted octanol–water partition coefficient (Wildman–Crippen LogP) is 3.38. The number of rotatable bonds is 6. The number of nitrogens with zero attached hydrogens (tertiary/aromatic N) is 4. The van der Waals surface area contributed by atoms with Crippen molar-refractivity contribution in [3.05, 3.63) is 53.5 Å². The van der Waals surface area contributed by atoms with Gasteiger partial charge in [-0.2, -0.15) is 5.10 Å². The van der Waals surface area contributed by atoms with Gasteiger partial charge in [0.2, 0.25) is 5.91 Å². The second-order valence-electron chi connectivity index (χ2n) is 7.63. The van der Waals surface area contributed by atoms with Crippen LogP contribution in [-0.4, -0.2) is 44.2 Å². The maximum Gasteiger partial charge on any atom is 0.223 e. The summed E-state index contributed by atoms with van der Waals surface area (Å²) in [5, 5.41) is 4.81. The molecular weight excluding hydrogens is 366 g/mol. The number of carbonyl (C=O) groups excluding carboxylic acids is 1. The number of hydrogen-bond acceptors (Lipinski definition) is 4. The summed E-state index contributed by atoms with van der Waals surface area (Å²) < 4.78 is 7.48. The van der Waals surface area contributed by atoms with Crippen LogP contribution < -0.4 is 4.74 Å². The number of imidazole rings is 1. The highest BCUT2D eigenvalue weighted by Crippen LogP contribution is 2.30. The van der Waals surface area contributed by atoms with E-state index in [4.69, 9.17) is 9.84 Å². The normalized spacial score (nSPS) is 13.6. The van der Waals surface area contributed by atoms with Crippen LogP contribution in [0.5, 0.6) is 5.75 Å². The van der Waals surface area contributed by atoms with E-state index in [9.17, 15) is 4.79 Å². The highest BCUT2D eigenvalue weighted by atomic mass is 16.5. The van der Waals surface area contributed by atoms with Gasteiger partial charge in [0.1, 0.15) is 11.4 Å². The Morgan fingerprint density at radius 2 is 2.14 bits per heavy atom. The molecule has 1 aromatic carbocycles. The largest absolute Gasteiger partial charge is 0.496 e. The first-order valence-corrected chi connectivity index (χ1v) is 10.1. The Kier molecular flexibility index (Phi) is 5.38. The standard InChI is InChI=1S/C22H27N5O2/c1-15(2)27-18-10-13-26(14-17(18)21(25-27)22-23-11-12-24-22)20(28)9-8-16-6-4-5-7-19(16)29-3/h4-7,11-12,15H,8-10,13-14H2,1-3H3,(H,23,24). The molecule has 2 aromatic heterocycles. The van der Waals surface area contributed by atoms with Crippen LogP contribution in [0.25, 0.3) is 11.5 Å². The highest BCUT2D eigenvalue weighted by molar-refractivity contribution is 5.77. The van der Waals surface area contributed by atoms with Gasteiger partial charge in [-0.25, -0.2) is 4.98 Å². The van der Waals surface area contributed by atoms with E-state index < -0.39 is 0 Å². The van der Waals surface area contributed by atoms with E-state index in [2.05, 4.69) is 28.5 Å². The van der Waals surface area contributed by atoms with Crippen molar-refractivity contribution >= 4 is 5.91 Å². The van der Waals surface area contributed by atoms with Crippen LogP contribution in [0.4, 0.5) is 0 Å². The summed E-state index contributed by atoms with van der Waals surface area (Å²) in [6, 6.07) is 8.13. The highest BCUT2D eigenvalue weighted by Gasteiger charge is 2.29. The van der Waals surface area contributed by atoms with Gasteiger partial charge < -0.3 is 14.6 Å². The zero-order valence-corrected chi connectivity index (χ0v) is 17.2. The lowest BCUT2D eigenvalue weighted by molar-refractivity contribution is -0.132. The molecule has 3 aromatic rings. The molecule has 1 amide bonds. The second kappa shape index (κ2) is 8.11. The van der Waals surface area contributed by atoms with Crippen molar-refractivity contribution in [3.63, 3.8) is 0 Å². The molecule has 4 rings (SSSR count). The van der Waals surface area contributed by atoms with E-state index in [0.29, 0.717) is 25.9 Å². The molecule has 0 fully saturated rings. The number of aryl methyl sites for hydroxylation is 1. The summed E-state index contributed by atoms with van der Waals surface area (Å²) in [7, 11) is 1.66. The lowest BCUT2D eigenvalue weighted by Gasteiger charge is -2.28. The van der Waals surface area contributed by atoms with E-state index in [0.717, 1.165) is 34.8 Å². The summed E-state index contributed by atoms with van der Waals surface area (Å²) >= 11 is 0. The van der Waals surface area contributed by atoms with E-state index in [1.54, 1.807) is 19.5 Å². The number of nitrogens with one attached hydrogen (secondary N) is 1. The van der Waals surface area contributed by atoms with Gasteiger partial charge in [0.15, 0.2) is 5.82 Å². The van der Waals surface area contributed by atoms with Gasteiger partial charge in [-0.3, -0.25) is 9.48 Å². The maximum absolute atomic E-state index is 13.0. The van der Waals surface area contributed by atoms with Crippen LogP contribution >= 0.6 is 0 Å². The van der Waals surface area contributed by atoms with Gasteiger partial charge in [0.05, 0.1) is 7.11 Å². The molecule has 1 aliphatic rings. The molecule has 0 radical (unpaired) electrons. The van der Waals surface area contributed by atoms with Gasteiger partial charge in [-0.05, 0) is 31.9 Å². The third-order valence-corrected chi connectivity index (χ3v) is 5.45. The number of H-pyrrole nitrogens is 1. The number of para-hydroxylation sites is 1. The molecule has 7 heteroatoms. The molecule has 1 aliphatic heterocycles. The second-order valence-corrected chi connectivity index (χ2v) is 7.63. The number of hydrogen-bond donors (Lipinski definition) is 1. The van der Waals surface area contributed by atoms with Crippen LogP contribution in [0, 0.1) is 0 Å². The van der Waals surface area contributed by atoms with Crippen molar-refractivity contribution in [3.8, 4) is 17.3 Å². The minimum atomic E-state index is 0.157. The molecular formula is C22H27N5O2. The zero-order valence-electron chi connectivity index (χ0n) is 17.2. The third-order valence-electron chi connectivity index (χ3n) is 5.45. The first-order chi connectivity index (χ1) is 14.1. The molecule has 0 aliphatic carbocycles. The number of fused-ring (bicyclic) bond motifs is 1. The third kappa shape index (κ3) is 3.77. The molecule has 29 heavy (non-hydrogen) atoms. The predicted molar refractivity (Wildman–Crippen MR) is 111 cm³/mol. The van der Waals surface area contributed by atoms with Crippen molar-refractivity contribution in [2.75, 3.05) is 13.7 Å². The fourth-order valence-electron chi connectivity index (χ4n) is 3.98. The topological polar surface area (TPSA) is 76.0 Å². The molecule has 152 valence electrons. The number of carbonyl (C=O) groups is 1. The Hall–Kier alpha value is -3.09. The average Bonchev–Trinajstić information content (AvgIpc) is 3.39. The molecule has 1 N–H and O–H groups in total. The monoisotopic (exact) mass is 393 g/mol. The number of amides is 1. The van der Waals surface area contributed by atoms with Crippen molar-refractivity contribution in [1.29, 1.82) is 0 Å². The maximum atomic E-state index is 13.0. The number of methoxy groups -OCH3 is 1. The van der Waals surface area contributed by atoms with Gasteiger partial charge in [0, 0.05) is 55.6 Å². The molecule has 0 saturated heterocycles. The minimum Gasteiger partial charge on any atom is -0.496 e. The van der Waals surface area contributed by atoms with Crippen LogP contribution in [0.15, 0.2) is 36.7 Å². The number of aromatic amines is 1. The van der Waals surface area contributed by atoms with Gasteiger partial charge in [-0.1, -0.05) is 18.2 Å². The lowest BCUT2D eigenvalue weighted by atomic mass is 10.0. The molecule has 7 nitrogen and oxygen atoms in total. The summed E-state index contributed by atoms with van der Waals surface area (Å²) in [6.07, 6.45) is 5.47. The SMILES string of the molecule is COc1ccccc1CCC(=O)N1CCc2c(c(-c3ncc[nH]3)nn2C(C)C)C1. The van der Waals surface area contributed by atoms with Crippen LogP contribution in [0.3, 0.4) is 0 Å². The van der Waals surface area contributed by atoms with Gasteiger partial charge in [-0.15, -0.1) is 0 Å². The zero-order chi connectivity index (χ0) is 20.4. The van der Waals surface area contributed by atoms with Crippen LogP contribution in [0.2, 0.25) is 0 Å². The smallest absolute Gasteiger partial charge is 0.223 e. The van der Waals surface area contributed by atoms with Crippen molar-refractivity contribution in [2.24, 2.45) is 0 Å². The van der Waals surface area contributed by atoms with Crippen molar-refractivity contribution in [1.82, 2.24) is 24.6 Å². The number of aromatic nitrogens is 4. The van der Waals surface area contributed by atoms with E-state index in [-0.39, 0.29) is 11.9 Å². The average molecular weight is 393 g/mol. The molecule has 3 heterocycles. The van der Waals surface area contributed by atoms with E-state index >= 15 is 0 Å². The Morgan fingerprint density at radius 1 is 1.31 bits per heavy atom. The van der Waals surface area contributed by atoms with Crippen LogP contribution in [0.1, 0.15) is 43.1 Å². The van der Waals surface area contributed by atoms with Gasteiger partial charge >= 0.3 is 0 Å². The van der Waals surface area contributed by atoms with Crippen molar-refractivity contribution < 1.29 is 9.53 Å². The lowest BCUT2D eigenvalue weighted by Crippen LogP contribution is -2.36. The number of ether oxygens (including phenoxy) is 1. The minimum absolute atomic E-state index is 0.157. The Balaban J connectivity index is 1.53. The van der Waals surface area contributed by atoms with Gasteiger partial charge in [0.25, 0.3) is 0 Å². The summed E-state index contributed by atoms with van der Waals surface area (Å²) in [6.45, 7) is 5.55. The van der Waals surface area contributed by atoms with Crippen molar-refractivity contribution in [2.45, 2.75) is 45.7 Å². The Bertz CT molecular complexity index is 991. The number of benzene rings is 1. The Morgan fingerprint density at radius 3 is 2.86 bits per heavy atom.